The summed E-state index contributed by atoms with van der Waals surface area (Å²) in [6.45, 7) is 2.11. The number of carbonyl (C=O) groups excluding carboxylic acids is 1. The molecule has 4 aromatic carbocycles. The van der Waals surface area contributed by atoms with Crippen molar-refractivity contribution in [1.29, 1.82) is 0 Å². The maximum atomic E-state index is 12.9. The molecule has 6 aromatic rings. The number of anilines is 1. The van der Waals surface area contributed by atoms with Crippen LogP contribution in [0.3, 0.4) is 0 Å². The molecule has 0 radical (unpaired) electrons. The molecule has 0 aliphatic heterocycles. The van der Waals surface area contributed by atoms with Crippen LogP contribution in [0.15, 0.2) is 106 Å². The van der Waals surface area contributed by atoms with Crippen LogP contribution in [0.1, 0.15) is 22.8 Å². The first-order valence-corrected chi connectivity index (χ1v) is 12.0. The maximum Gasteiger partial charge on any atom is 0.344 e. The van der Waals surface area contributed by atoms with Gasteiger partial charge in [-0.25, -0.2) is 4.79 Å². The van der Waals surface area contributed by atoms with E-state index in [2.05, 4.69) is 34.6 Å². The fraction of sp³-hybridized carbons (Fsp3) is 0.0667. The molecule has 7 heteroatoms. The predicted molar refractivity (Wildman–Crippen MR) is 144 cm³/mol. The van der Waals surface area contributed by atoms with Gasteiger partial charge in [0, 0.05) is 16.6 Å². The van der Waals surface area contributed by atoms with E-state index in [4.69, 9.17) is 4.42 Å². The van der Waals surface area contributed by atoms with Gasteiger partial charge >= 0.3 is 5.63 Å². The fourth-order valence-corrected chi connectivity index (χ4v) is 4.24. The monoisotopic (exact) mass is 486 g/mol. The van der Waals surface area contributed by atoms with Gasteiger partial charge in [0.1, 0.15) is 16.6 Å². The lowest BCUT2D eigenvalue weighted by Gasteiger charge is -2.07. The largest absolute Gasteiger partial charge is 0.422 e. The molecule has 2 aromatic heterocycles. The van der Waals surface area contributed by atoms with Gasteiger partial charge in [0.05, 0.1) is 11.3 Å². The fourth-order valence-electron chi connectivity index (χ4n) is 4.24. The Morgan fingerprint density at radius 2 is 1.62 bits per heavy atom. The summed E-state index contributed by atoms with van der Waals surface area (Å²) < 4.78 is 5.43. The normalized spacial score (nSPS) is 11.2. The Morgan fingerprint density at radius 3 is 2.41 bits per heavy atom. The molecule has 0 fully saturated rings. The average Bonchev–Trinajstić information content (AvgIpc) is 3.36. The van der Waals surface area contributed by atoms with Gasteiger partial charge in [0.25, 0.3) is 5.91 Å². The van der Waals surface area contributed by atoms with E-state index in [1.54, 1.807) is 53.3 Å². The summed E-state index contributed by atoms with van der Waals surface area (Å²) in [6, 6.07) is 29.6. The number of hydrogen-bond acceptors (Lipinski definition) is 5. The Labute approximate surface area is 212 Å². The quantitative estimate of drug-likeness (QED) is 0.302. The number of rotatable bonds is 5. The van der Waals surface area contributed by atoms with Crippen LogP contribution in [0.5, 0.6) is 0 Å². The Morgan fingerprint density at radius 1 is 0.865 bits per heavy atom. The van der Waals surface area contributed by atoms with E-state index in [9.17, 15) is 9.59 Å². The standard InChI is InChI=1S/C30H22N4O3/c1-2-19-7-14-24(15-8-19)34-32-26-16-13-23(18-27(26)33-34)31-29(35)21-11-9-20(10-12-21)25-17-22-5-3-4-6-28(22)37-30(25)36/h3-18H,2H2,1H3,(H,31,35). The van der Waals surface area contributed by atoms with Gasteiger partial charge in [0.2, 0.25) is 0 Å². The second-order valence-electron chi connectivity index (χ2n) is 8.73. The van der Waals surface area contributed by atoms with E-state index in [0.717, 1.165) is 23.0 Å². The Balaban J connectivity index is 1.21. The Bertz CT molecular complexity index is 1820. The van der Waals surface area contributed by atoms with Gasteiger partial charge < -0.3 is 9.73 Å². The third-order valence-corrected chi connectivity index (χ3v) is 6.31. The molecule has 1 N–H and O–H groups in total. The summed E-state index contributed by atoms with van der Waals surface area (Å²) in [6.07, 6.45) is 0.972. The lowest BCUT2D eigenvalue weighted by atomic mass is 10.0. The molecule has 0 unspecified atom stereocenters. The molecule has 7 nitrogen and oxygen atoms in total. The van der Waals surface area contributed by atoms with E-state index >= 15 is 0 Å². The number of aryl methyl sites for hydroxylation is 1. The summed E-state index contributed by atoms with van der Waals surface area (Å²) in [5, 5.41) is 12.9. The molecular weight excluding hydrogens is 464 g/mol. The zero-order valence-electron chi connectivity index (χ0n) is 20.0. The number of para-hydroxylation sites is 1. The van der Waals surface area contributed by atoms with E-state index in [1.165, 1.54) is 5.56 Å². The van der Waals surface area contributed by atoms with Crippen molar-refractivity contribution in [2.75, 3.05) is 5.32 Å². The minimum Gasteiger partial charge on any atom is -0.422 e. The second-order valence-corrected chi connectivity index (χ2v) is 8.73. The summed E-state index contributed by atoms with van der Waals surface area (Å²) in [7, 11) is 0. The van der Waals surface area contributed by atoms with Crippen molar-refractivity contribution < 1.29 is 9.21 Å². The maximum absolute atomic E-state index is 12.9. The SMILES string of the molecule is CCc1ccc(-n2nc3ccc(NC(=O)c4ccc(-c5cc6ccccc6oc5=O)cc4)cc3n2)cc1. The molecule has 0 aliphatic carbocycles. The number of carbonyl (C=O) groups is 1. The summed E-state index contributed by atoms with van der Waals surface area (Å²) in [4.78, 5) is 27.0. The van der Waals surface area contributed by atoms with Gasteiger partial charge in [-0.1, -0.05) is 49.4 Å². The van der Waals surface area contributed by atoms with E-state index in [1.807, 2.05) is 36.4 Å². The first-order valence-electron chi connectivity index (χ1n) is 12.0. The van der Waals surface area contributed by atoms with Crippen LogP contribution in [-0.4, -0.2) is 20.9 Å². The van der Waals surface area contributed by atoms with Gasteiger partial charge in [-0.15, -0.1) is 10.2 Å². The highest BCUT2D eigenvalue weighted by molar-refractivity contribution is 6.05. The number of fused-ring (bicyclic) bond motifs is 2. The predicted octanol–water partition coefficient (Wildman–Crippen LogP) is 6.01. The van der Waals surface area contributed by atoms with Crippen molar-refractivity contribution in [2.24, 2.45) is 0 Å². The van der Waals surface area contributed by atoms with Crippen molar-refractivity contribution in [1.82, 2.24) is 15.0 Å². The molecule has 0 spiro atoms. The highest BCUT2D eigenvalue weighted by Gasteiger charge is 2.12. The summed E-state index contributed by atoms with van der Waals surface area (Å²) in [5.74, 6) is -0.265. The Kier molecular flexibility index (Phi) is 5.58. The van der Waals surface area contributed by atoms with Crippen LogP contribution in [0.4, 0.5) is 5.69 Å². The minimum atomic E-state index is -0.418. The molecule has 180 valence electrons. The molecular formula is C30H22N4O3. The molecule has 37 heavy (non-hydrogen) atoms. The van der Waals surface area contributed by atoms with Crippen LogP contribution in [0.25, 0.3) is 38.8 Å². The van der Waals surface area contributed by atoms with Crippen LogP contribution in [0.2, 0.25) is 0 Å². The number of benzene rings is 4. The summed E-state index contributed by atoms with van der Waals surface area (Å²) in [5.41, 5.74) is 5.87. The molecule has 0 atom stereocenters. The number of nitrogens with zero attached hydrogens (tertiary/aromatic N) is 3. The number of aromatic nitrogens is 3. The molecule has 0 saturated heterocycles. The zero-order chi connectivity index (χ0) is 25.4. The van der Waals surface area contributed by atoms with Crippen molar-refractivity contribution in [3.05, 3.63) is 119 Å². The average molecular weight is 487 g/mol. The van der Waals surface area contributed by atoms with Crippen LogP contribution >= 0.6 is 0 Å². The van der Waals surface area contributed by atoms with Gasteiger partial charge in [-0.2, -0.15) is 4.80 Å². The number of amides is 1. The topological polar surface area (TPSA) is 90.0 Å². The molecule has 0 bridgehead atoms. The van der Waals surface area contributed by atoms with E-state index in [-0.39, 0.29) is 5.91 Å². The third kappa shape index (κ3) is 4.38. The third-order valence-electron chi connectivity index (χ3n) is 6.31. The number of nitrogens with one attached hydrogen (secondary N) is 1. The van der Waals surface area contributed by atoms with Gasteiger partial charge in [0.15, 0.2) is 0 Å². The minimum absolute atomic E-state index is 0.265. The molecule has 0 aliphatic rings. The van der Waals surface area contributed by atoms with Gasteiger partial charge in [-0.05, 0) is 72.1 Å². The van der Waals surface area contributed by atoms with E-state index in [0.29, 0.717) is 33.5 Å². The van der Waals surface area contributed by atoms with Crippen LogP contribution in [-0.2, 0) is 6.42 Å². The van der Waals surface area contributed by atoms with Crippen molar-refractivity contribution in [3.63, 3.8) is 0 Å². The van der Waals surface area contributed by atoms with Gasteiger partial charge in [-0.3, -0.25) is 4.79 Å². The summed E-state index contributed by atoms with van der Waals surface area (Å²) >= 11 is 0. The second kappa shape index (κ2) is 9.20. The zero-order valence-corrected chi connectivity index (χ0v) is 20.0. The highest BCUT2D eigenvalue weighted by atomic mass is 16.4. The first kappa shape index (κ1) is 22.4. The lowest BCUT2D eigenvalue weighted by Crippen LogP contribution is -2.11. The van der Waals surface area contributed by atoms with Crippen LogP contribution < -0.4 is 10.9 Å². The lowest BCUT2D eigenvalue weighted by molar-refractivity contribution is 0.102. The van der Waals surface area contributed by atoms with Crippen molar-refractivity contribution in [3.8, 4) is 16.8 Å². The van der Waals surface area contributed by atoms with Crippen molar-refractivity contribution in [2.45, 2.75) is 13.3 Å². The van der Waals surface area contributed by atoms with Crippen molar-refractivity contribution >= 4 is 33.6 Å². The molecule has 2 heterocycles. The first-order chi connectivity index (χ1) is 18.1. The smallest absolute Gasteiger partial charge is 0.344 e. The molecule has 1 amide bonds. The van der Waals surface area contributed by atoms with E-state index < -0.39 is 5.63 Å². The Hall–Kier alpha value is -5.04. The molecule has 0 saturated carbocycles. The molecule has 6 rings (SSSR count). The highest BCUT2D eigenvalue weighted by Crippen LogP contribution is 2.23. The van der Waals surface area contributed by atoms with Crippen LogP contribution in [0, 0.1) is 0 Å². The number of hydrogen-bond donors (Lipinski definition) is 1.